The molecule has 2 aromatic heterocycles. The summed E-state index contributed by atoms with van der Waals surface area (Å²) in [6.45, 7) is 13.6. The van der Waals surface area contributed by atoms with Crippen LogP contribution in [-0.4, -0.2) is 267 Å². The van der Waals surface area contributed by atoms with Gasteiger partial charge in [0.2, 0.25) is 59.1 Å². The average Bonchev–Trinajstić information content (AvgIpc) is 1.39. The molecule has 5 aromatic rings. The number of carboxylic acid groups (broad SMARTS) is 3. The van der Waals surface area contributed by atoms with Gasteiger partial charge in [-0.25, -0.2) is 4.98 Å². The van der Waals surface area contributed by atoms with E-state index in [1.807, 2.05) is 24.3 Å². The molecule has 600 valence electrons. The third-order valence-electron chi connectivity index (χ3n) is 18.2. The van der Waals surface area contributed by atoms with Gasteiger partial charge in [0.05, 0.1) is 39.1 Å². The number of aliphatic carboxylic acids is 3. The number of para-hydroxylation sites is 1. The number of carbonyl (C=O) groups excluding carboxylic acids is 10. The standard InChI is InChI=1S/C76H109N17O17/c1-47(2)32-56(33-48(3)4)85-75(108)62(35-57-38-77-46-81-57)86-63(94)39-80-76(109)70(49(5)6)89-72(105)51(8)82-73(106)60(23-20-54-37-78-59-17-13-12-16-58(54)59)88-71(104)50(7)83-74(107)61(34-52-14-10-9-11-15-52)87-66(97)45-110-44-65(96)84-55-21-18-53(19-22-55)36-79-64(95)40-90-24-26-91(41-67(98)99)28-30-93(43-69(102)103)31-29-92(27-25-90)42-68(100)101/h9-19,21-22,37-38,46-51,56,60-62,70,78H,20,23-36,39-45H2,1-8H3,(H,77,81)(H,79,95)(H,80,109)(H,82,106)(H,83,107)(H,84,96)(H,85,108)(H,86,94)(H,87,97)(H,88,104)(H,89,105)(H,98,99)(H,100,101)(H,102,103)/t50-,51-,60-,61+,62-,70-/m0/s1. The Bertz CT molecular complexity index is 3810. The molecular weight excluding hydrogens is 1420 g/mol. The minimum atomic E-state index is -1.31. The Kier molecular flexibility index (Phi) is 36.4. The lowest BCUT2D eigenvalue weighted by atomic mass is 9.95. The number of rotatable bonds is 42. The first kappa shape index (κ1) is 88.2. The topological polar surface area (TPSA) is 470 Å². The number of imidazole rings is 1. The van der Waals surface area contributed by atoms with Crippen molar-refractivity contribution in [3.05, 3.63) is 120 Å². The van der Waals surface area contributed by atoms with Crippen LogP contribution in [0.5, 0.6) is 0 Å². The van der Waals surface area contributed by atoms with Crippen LogP contribution in [0.15, 0.2) is 97.6 Å². The number of amides is 10. The van der Waals surface area contributed by atoms with Crippen molar-refractivity contribution in [2.75, 3.05) is 104 Å². The number of benzene rings is 3. The summed E-state index contributed by atoms with van der Waals surface area (Å²) >= 11 is 0. The number of hydrogen-bond acceptors (Lipinski definition) is 19. The Morgan fingerprint density at radius 2 is 0.991 bits per heavy atom. The molecule has 0 bridgehead atoms. The van der Waals surface area contributed by atoms with Crippen LogP contribution in [-0.2, 0) is 92.9 Å². The Morgan fingerprint density at radius 3 is 1.54 bits per heavy atom. The average molecular weight is 1530 g/mol. The third kappa shape index (κ3) is 32.3. The van der Waals surface area contributed by atoms with Gasteiger partial charge in [-0.3, -0.25) is 81.9 Å². The van der Waals surface area contributed by atoms with Crippen molar-refractivity contribution < 1.29 is 82.4 Å². The summed E-state index contributed by atoms with van der Waals surface area (Å²) in [4.78, 5) is 189. The van der Waals surface area contributed by atoms with E-state index >= 15 is 0 Å². The fraction of sp³-hybridized carbons (Fsp3) is 0.526. The van der Waals surface area contributed by atoms with Gasteiger partial charge in [0.15, 0.2) is 0 Å². The van der Waals surface area contributed by atoms with E-state index in [2.05, 4.69) is 95.8 Å². The molecule has 1 saturated heterocycles. The molecule has 6 rings (SSSR count). The van der Waals surface area contributed by atoms with Gasteiger partial charge < -0.3 is 83.2 Å². The first-order valence-electron chi connectivity index (χ1n) is 37.1. The highest BCUT2D eigenvalue weighted by atomic mass is 16.5. The van der Waals surface area contributed by atoms with Crippen molar-refractivity contribution in [2.24, 2.45) is 17.8 Å². The molecule has 110 heavy (non-hydrogen) atoms. The quantitative estimate of drug-likeness (QED) is 0.0251. The maximum atomic E-state index is 14.4. The van der Waals surface area contributed by atoms with E-state index in [4.69, 9.17) is 4.74 Å². The molecule has 3 heterocycles. The fourth-order valence-electron chi connectivity index (χ4n) is 12.5. The highest BCUT2D eigenvalue weighted by Crippen LogP contribution is 2.21. The number of carboxylic acids is 3. The lowest BCUT2D eigenvalue weighted by Gasteiger charge is -2.32. The van der Waals surface area contributed by atoms with Gasteiger partial charge in [-0.2, -0.15) is 0 Å². The number of aromatic nitrogens is 3. The minimum absolute atomic E-state index is 0.0131. The summed E-state index contributed by atoms with van der Waals surface area (Å²) in [5.74, 6) is -9.77. The molecule has 10 amide bonds. The van der Waals surface area contributed by atoms with Crippen molar-refractivity contribution >= 4 is 93.6 Å². The highest BCUT2D eigenvalue weighted by Gasteiger charge is 2.33. The molecule has 3 aromatic carbocycles. The lowest BCUT2D eigenvalue weighted by molar-refractivity contribution is -0.140. The lowest BCUT2D eigenvalue weighted by Crippen LogP contribution is -2.59. The van der Waals surface area contributed by atoms with Crippen molar-refractivity contribution in [1.82, 2.24) is 82.4 Å². The van der Waals surface area contributed by atoms with Gasteiger partial charge >= 0.3 is 17.9 Å². The zero-order valence-electron chi connectivity index (χ0n) is 63.9. The van der Waals surface area contributed by atoms with Crippen molar-refractivity contribution in [3.63, 3.8) is 0 Å². The van der Waals surface area contributed by atoms with Crippen molar-refractivity contribution in [2.45, 2.75) is 143 Å². The smallest absolute Gasteiger partial charge is 0.317 e. The first-order valence-corrected chi connectivity index (χ1v) is 37.1. The summed E-state index contributed by atoms with van der Waals surface area (Å²) in [6.07, 6.45) is 6.59. The van der Waals surface area contributed by atoms with Gasteiger partial charge in [-0.1, -0.05) is 102 Å². The van der Waals surface area contributed by atoms with Crippen LogP contribution in [0.4, 0.5) is 5.69 Å². The number of H-pyrrole nitrogens is 2. The molecule has 1 fully saturated rings. The number of carbonyl (C=O) groups is 13. The van der Waals surface area contributed by atoms with E-state index in [1.54, 1.807) is 100 Å². The molecule has 15 N–H and O–H groups in total. The number of aromatic amines is 2. The number of hydrogen-bond donors (Lipinski definition) is 15. The Hall–Kier alpha value is -10.7. The molecule has 34 heteroatoms. The van der Waals surface area contributed by atoms with Gasteiger partial charge in [-0.15, -0.1) is 0 Å². The minimum Gasteiger partial charge on any atom is -0.480 e. The van der Waals surface area contributed by atoms with Crippen molar-refractivity contribution in [3.8, 4) is 0 Å². The zero-order valence-corrected chi connectivity index (χ0v) is 63.9. The maximum absolute atomic E-state index is 14.4. The van der Waals surface area contributed by atoms with Crippen LogP contribution in [0.25, 0.3) is 10.9 Å². The van der Waals surface area contributed by atoms with E-state index in [9.17, 15) is 77.6 Å². The molecule has 34 nitrogen and oxygen atoms in total. The highest BCUT2D eigenvalue weighted by molar-refractivity contribution is 5.98. The second-order valence-corrected chi connectivity index (χ2v) is 28.8. The number of ether oxygens (including phenoxy) is 1. The SMILES string of the molecule is CC(C)CC(CC(C)C)NC(=O)[C@H](Cc1cnc[nH]1)NC(=O)CNC(=O)[C@@H](NC(=O)[C@H](C)NC(=O)[C@H](CCc1c[nH]c2ccccc12)NC(=O)[C@H](C)NC(=O)[C@@H](Cc1ccccc1)NC(=O)COCC(=O)Nc1ccc(CNC(=O)CN2CCN(CC(=O)O)CCN(CC(=O)O)CCN(CC(=O)O)CC2)cc1)C(C)C. The van der Waals surface area contributed by atoms with Crippen LogP contribution in [0, 0.1) is 17.8 Å². The molecule has 1 aliphatic heterocycles. The zero-order chi connectivity index (χ0) is 80.4. The molecule has 0 spiro atoms. The van der Waals surface area contributed by atoms with E-state index in [0.717, 1.165) is 29.3 Å². The van der Waals surface area contributed by atoms with Crippen LogP contribution < -0.4 is 53.2 Å². The summed E-state index contributed by atoms with van der Waals surface area (Å²) in [5, 5.41) is 56.7. The van der Waals surface area contributed by atoms with E-state index in [1.165, 1.54) is 20.2 Å². The molecule has 0 radical (unpaired) electrons. The third-order valence-corrected chi connectivity index (χ3v) is 18.2. The van der Waals surface area contributed by atoms with Gasteiger partial charge in [0.1, 0.15) is 49.5 Å². The Morgan fingerprint density at radius 1 is 0.482 bits per heavy atom. The number of anilines is 1. The molecular formula is C76H109N17O17. The van der Waals surface area contributed by atoms with Gasteiger partial charge in [0.25, 0.3) is 0 Å². The molecule has 0 aliphatic carbocycles. The number of nitrogens with one attached hydrogen (secondary N) is 12. The summed E-state index contributed by atoms with van der Waals surface area (Å²) in [6, 6.07) is 15.2. The number of aryl methyl sites for hydroxylation is 1. The predicted molar refractivity (Wildman–Crippen MR) is 407 cm³/mol. The van der Waals surface area contributed by atoms with Crippen LogP contribution >= 0.6 is 0 Å². The maximum Gasteiger partial charge on any atom is 0.317 e. The predicted octanol–water partition coefficient (Wildman–Crippen LogP) is 0.354. The normalized spacial score (nSPS) is 15.2. The number of nitrogens with zero attached hydrogens (tertiary/aromatic N) is 5. The Labute approximate surface area is 639 Å². The van der Waals surface area contributed by atoms with Crippen molar-refractivity contribution in [1.29, 1.82) is 0 Å². The monoisotopic (exact) mass is 1530 g/mol. The fourth-order valence-corrected chi connectivity index (χ4v) is 12.5. The van der Waals surface area contributed by atoms with Gasteiger partial charge in [-0.05, 0) is 92.2 Å². The molecule has 0 saturated carbocycles. The molecule has 0 unspecified atom stereocenters. The number of fused-ring (bicyclic) bond motifs is 1. The van der Waals surface area contributed by atoms with E-state index < -0.39 is 133 Å². The first-order chi connectivity index (χ1) is 52.4. The molecule has 1 aliphatic rings. The van der Waals surface area contributed by atoms with Crippen LogP contribution in [0.1, 0.15) is 97.0 Å². The largest absolute Gasteiger partial charge is 0.480 e. The summed E-state index contributed by atoms with van der Waals surface area (Å²) in [5.41, 5.74) is 3.93. The second kappa shape index (κ2) is 45.3. The summed E-state index contributed by atoms with van der Waals surface area (Å²) in [7, 11) is 0. The molecule has 6 atom stereocenters. The van der Waals surface area contributed by atoms with Crippen LogP contribution in [0.2, 0.25) is 0 Å². The summed E-state index contributed by atoms with van der Waals surface area (Å²) < 4.78 is 5.46. The second-order valence-electron chi connectivity index (χ2n) is 28.8. The van der Waals surface area contributed by atoms with Gasteiger partial charge in [0, 0.05) is 112 Å². The van der Waals surface area contributed by atoms with E-state index in [0.29, 0.717) is 34.3 Å². The van der Waals surface area contributed by atoms with E-state index in [-0.39, 0.29) is 123 Å². The van der Waals surface area contributed by atoms with Crippen LogP contribution in [0.3, 0.4) is 0 Å². The Balaban J connectivity index is 1.01.